The van der Waals surface area contributed by atoms with Crippen LogP contribution in [0, 0.1) is 19.3 Å². The number of amides is 2. The first-order chi connectivity index (χ1) is 13.2. The molecule has 2 aromatic carbocycles. The molecule has 0 radical (unpaired) electrons. The van der Waals surface area contributed by atoms with E-state index in [1.807, 2.05) is 0 Å². The van der Waals surface area contributed by atoms with Gasteiger partial charge in [-0.1, -0.05) is 36.3 Å². The van der Waals surface area contributed by atoms with Crippen molar-refractivity contribution < 1.29 is 18.0 Å². The molecule has 7 nitrogen and oxygen atoms in total. The van der Waals surface area contributed by atoms with Crippen molar-refractivity contribution in [3.63, 3.8) is 0 Å². The maximum absolute atomic E-state index is 12.6. The monoisotopic (exact) mass is 399 g/mol. The topological polar surface area (TPSA) is 95.6 Å². The van der Waals surface area contributed by atoms with E-state index in [0.29, 0.717) is 5.69 Å². The van der Waals surface area contributed by atoms with E-state index in [1.54, 1.807) is 49.4 Å². The van der Waals surface area contributed by atoms with Crippen LogP contribution in [0.2, 0.25) is 0 Å². The van der Waals surface area contributed by atoms with Crippen molar-refractivity contribution in [3.05, 3.63) is 59.7 Å². The number of para-hydroxylation sites is 2. The van der Waals surface area contributed by atoms with Gasteiger partial charge in [-0.15, -0.1) is 6.42 Å². The lowest BCUT2D eigenvalue weighted by Gasteiger charge is -2.23. The number of terminal acetylenes is 1. The number of aryl methyl sites for hydroxylation is 1. The summed E-state index contributed by atoms with van der Waals surface area (Å²) in [4.78, 5) is 24.8. The molecule has 2 rings (SSSR count). The smallest absolute Gasteiger partial charge is 0.254 e. The number of carbonyl (C=O) groups is 2. The van der Waals surface area contributed by atoms with E-state index in [9.17, 15) is 18.0 Å². The number of nitrogens with one attached hydrogen (secondary N) is 2. The van der Waals surface area contributed by atoms with Gasteiger partial charge in [-0.2, -0.15) is 0 Å². The minimum atomic E-state index is -3.70. The van der Waals surface area contributed by atoms with Crippen LogP contribution in [0.15, 0.2) is 48.5 Å². The predicted octanol–water partition coefficient (Wildman–Crippen LogP) is 1.76. The summed E-state index contributed by atoms with van der Waals surface area (Å²) in [5.41, 5.74) is 1.63. The molecule has 2 N–H and O–H groups in total. The van der Waals surface area contributed by atoms with E-state index in [-0.39, 0.29) is 17.8 Å². The van der Waals surface area contributed by atoms with Gasteiger partial charge in [-0.3, -0.25) is 13.9 Å². The zero-order chi connectivity index (χ0) is 20.7. The van der Waals surface area contributed by atoms with Crippen LogP contribution in [-0.4, -0.2) is 39.6 Å². The van der Waals surface area contributed by atoms with Crippen LogP contribution in [0.5, 0.6) is 0 Å². The van der Waals surface area contributed by atoms with Crippen LogP contribution in [0.25, 0.3) is 0 Å². The maximum Gasteiger partial charge on any atom is 0.254 e. The lowest BCUT2D eigenvalue weighted by Crippen LogP contribution is -2.38. The Balaban J connectivity index is 2.24. The van der Waals surface area contributed by atoms with Crippen LogP contribution in [0.1, 0.15) is 15.9 Å². The first-order valence-electron chi connectivity index (χ1n) is 8.38. The van der Waals surface area contributed by atoms with Gasteiger partial charge in [-0.05, 0) is 30.7 Å². The number of rotatable bonds is 7. The number of hydrogen-bond acceptors (Lipinski definition) is 4. The van der Waals surface area contributed by atoms with Gasteiger partial charge in [-0.25, -0.2) is 8.42 Å². The van der Waals surface area contributed by atoms with E-state index in [0.717, 1.165) is 16.1 Å². The summed E-state index contributed by atoms with van der Waals surface area (Å²) < 4.78 is 25.5. The standard InChI is InChI=1S/C20H21N3O4S/c1-4-13-21-20(25)16-10-6-7-11-17(16)22-19(24)14-23(28(3,26)27)18-12-8-5-9-15(18)2/h1,5-12H,13-14H2,2-3H3,(H,21,25)(H,22,24). The van der Waals surface area contributed by atoms with Crippen LogP contribution in [-0.2, 0) is 14.8 Å². The Morgan fingerprint density at radius 2 is 1.75 bits per heavy atom. The fourth-order valence-corrected chi connectivity index (χ4v) is 3.48. The molecule has 0 aliphatic rings. The summed E-state index contributed by atoms with van der Waals surface area (Å²) >= 11 is 0. The van der Waals surface area contributed by atoms with Crippen LogP contribution in [0.3, 0.4) is 0 Å². The van der Waals surface area contributed by atoms with Gasteiger partial charge in [0.2, 0.25) is 15.9 Å². The second-order valence-corrected chi connectivity index (χ2v) is 7.94. The van der Waals surface area contributed by atoms with Crippen molar-refractivity contribution >= 4 is 33.2 Å². The minimum absolute atomic E-state index is 0.0518. The molecule has 2 aromatic rings. The van der Waals surface area contributed by atoms with E-state index in [2.05, 4.69) is 16.6 Å². The van der Waals surface area contributed by atoms with Gasteiger partial charge in [0.15, 0.2) is 0 Å². The Labute approximate surface area is 164 Å². The summed E-state index contributed by atoms with van der Waals surface area (Å²) in [5.74, 6) is 1.29. The molecule has 0 spiro atoms. The van der Waals surface area contributed by atoms with Crippen molar-refractivity contribution in [1.29, 1.82) is 0 Å². The lowest BCUT2D eigenvalue weighted by molar-refractivity contribution is -0.114. The summed E-state index contributed by atoms with van der Waals surface area (Å²) in [5, 5.41) is 5.13. The lowest BCUT2D eigenvalue weighted by atomic mass is 10.1. The normalized spacial score (nSPS) is 10.6. The molecule has 28 heavy (non-hydrogen) atoms. The molecular weight excluding hydrogens is 378 g/mol. The van der Waals surface area contributed by atoms with E-state index >= 15 is 0 Å². The van der Waals surface area contributed by atoms with Crippen molar-refractivity contribution in [2.24, 2.45) is 0 Å². The molecule has 8 heteroatoms. The molecule has 0 saturated heterocycles. The maximum atomic E-state index is 12.6. The Morgan fingerprint density at radius 3 is 2.39 bits per heavy atom. The van der Waals surface area contributed by atoms with Crippen molar-refractivity contribution in [2.75, 3.05) is 29.0 Å². The zero-order valence-corrected chi connectivity index (χ0v) is 16.4. The number of anilines is 2. The van der Waals surface area contributed by atoms with Gasteiger partial charge in [0.05, 0.1) is 29.7 Å². The average Bonchev–Trinajstić information content (AvgIpc) is 2.64. The third-order valence-electron chi connectivity index (χ3n) is 3.87. The quantitative estimate of drug-likeness (QED) is 0.694. The highest BCUT2D eigenvalue weighted by atomic mass is 32.2. The molecular formula is C20H21N3O4S. The van der Waals surface area contributed by atoms with Gasteiger partial charge in [0, 0.05) is 0 Å². The molecule has 0 atom stereocenters. The van der Waals surface area contributed by atoms with Gasteiger partial charge in [0.25, 0.3) is 5.91 Å². The molecule has 0 bridgehead atoms. The first-order valence-corrected chi connectivity index (χ1v) is 10.2. The number of sulfonamides is 1. The second-order valence-electron chi connectivity index (χ2n) is 6.04. The third-order valence-corrected chi connectivity index (χ3v) is 4.99. The second kappa shape index (κ2) is 9.06. The van der Waals surface area contributed by atoms with Crippen molar-refractivity contribution in [1.82, 2.24) is 5.32 Å². The summed E-state index contributed by atoms with van der Waals surface area (Å²) in [7, 11) is -3.70. The van der Waals surface area contributed by atoms with E-state index in [4.69, 9.17) is 6.42 Å². The highest BCUT2D eigenvalue weighted by Gasteiger charge is 2.23. The molecule has 146 valence electrons. The molecule has 0 aromatic heterocycles. The van der Waals surface area contributed by atoms with Gasteiger partial charge in [0.1, 0.15) is 6.54 Å². The molecule has 0 aliphatic heterocycles. The summed E-state index contributed by atoms with van der Waals surface area (Å²) in [6, 6.07) is 13.3. The number of nitrogens with zero attached hydrogens (tertiary/aromatic N) is 1. The van der Waals surface area contributed by atoms with Crippen LogP contribution < -0.4 is 14.9 Å². The minimum Gasteiger partial charge on any atom is -0.341 e. The Morgan fingerprint density at radius 1 is 1.11 bits per heavy atom. The molecule has 0 aliphatic carbocycles. The number of benzene rings is 2. The number of hydrogen-bond donors (Lipinski definition) is 2. The predicted molar refractivity (Wildman–Crippen MR) is 110 cm³/mol. The van der Waals surface area contributed by atoms with Crippen LogP contribution in [0.4, 0.5) is 11.4 Å². The summed E-state index contributed by atoms with van der Waals surface area (Å²) in [6.07, 6.45) is 6.18. The fourth-order valence-electron chi connectivity index (χ4n) is 2.56. The molecule has 0 unspecified atom stereocenters. The highest BCUT2D eigenvalue weighted by Crippen LogP contribution is 2.22. The largest absolute Gasteiger partial charge is 0.341 e. The Kier molecular flexibility index (Phi) is 6.79. The Bertz CT molecular complexity index is 1030. The summed E-state index contributed by atoms with van der Waals surface area (Å²) in [6.45, 7) is 1.39. The fraction of sp³-hybridized carbons (Fsp3) is 0.200. The number of carbonyl (C=O) groups excluding carboxylic acids is 2. The van der Waals surface area contributed by atoms with E-state index < -0.39 is 28.4 Å². The van der Waals surface area contributed by atoms with Gasteiger partial charge < -0.3 is 10.6 Å². The van der Waals surface area contributed by atoms with Gasteiger partial charge >= 0.3 is 0 Å². The molecule has 0 heterocycles. The SMILES string of the molecule is C#CCNC(=O)c1ccccc1NC(=O)CN(c1ccccc1C)S(C)(=O)=O. The molecule has 2 amide bonds. The zero-order valence-electron chi connectivity index (χ0n) is 15.6. The van der Waals surface area contributed by atoms with Crippen molar-refractivity contribution in [3.8, 4) is 12.3 Å². The molecule has 0 fully saturated rings. The average molecular weight is 399 g/mol. The highest BCUT2D eigenvalue weighted by molar-refractivity contribution is 7.92. The Hall–Kier alpha value is -3.31. The van der Waals surface area contributed by atoms with Crippen LogP contribution >= 0.6 is 0 Å². The van der Waals surface area contributed by atoms with E-state index in [1.165, 1.54) is 6.07 Å². The third kappa shape index (κ3) is 5.34. The first kappa shape index (κ1) is 21.0. The van der Waals surface area contributed by atoms with Crippen molar-refractivity contribution in [2.45, 2.75) is 6.92 Å². The molecule has 0 saturated carbocycles.